The molecule has 5 nitrogen and oxygen atoms in total. The van der Waals surface area contributed by atoms with E-state index >= 15 is 0 Å². The predicted molar refractivity (Wildman–Crippen MR) is 103 cm³/mol. The van der Waals surface area contributed by atoms with E-state index in [1.165, 1.54) is 5.56 Å². The Balaban J connectivity index is 1.42. The zero-order chi connectivity index (χ0) is 18.5. The summed E-state index contributed by atoms with van der Waals surface area (Å²) >= 11 is 0. The second kappa shape index (κ2) is 8.67. The highest BCUT2D eigenvalue weighted by molar-refractivity contribution is 5.81. The number of carbonyl (C=O) groups excluding carboxylic acids is 2. The number of benzene rings is 1. The molecule has 0 radical (unpaired) electrons. The van der Waals surface area contributed by atoms with Crippen LogP contribution in [0.4, 0.5) is 0 Å². The Kier molecular flexibility index (Phi) is 6.30. The van der Waals surface area contributed by atoms with Crippen molar-refractivity contribution in [2.45, 2.75) is 39.2 Å². The maximum atomic E-state index is 12.7. The normalized spacial score (nSPS) is 24.3. The fourth-order valence-electron chi connectivity index (χ4n) is 3.93. The van der Waals surface area contributed by atoms with Gasteiger partial charge in [-0.3, -0.25) is 9.59 Å². The number of nitrogens with one attached hydrogen (secondary N) is 1. The fraction of sp³-hybridized carbons (Fsp3) is 0.619. The molecule has 142 valence electrons. The molecule has 5 heteroatoms. The van der Waals surface area contributed by atoms with E-state index < -0.39 is 0 Å². The summed E-state index contributed by atoms with van der Waals surface area (Å²) in [6.07, 6.45) is 3.33. The van der Waals surface area contributed by atoms with Crippen LogP contribution in [0.3, 0.4) is 0 Å². The summed E-state index contributed by atoms with van der Waals surface area (Å²) in [6, 6.07) is 8.25. The monoisotopic (exact) mass is 357 g/mol. The van der Waals surface area contributed by atoms with Crippen LogP contribution in [-0.2, 0) is 16.1 Å². The quantitative estimate of drug-likeness (QED) is 0.899. The number of amides is 2. The Morgan fingerprint density at radius 2 is 1.54 bits per heavy atom. The third-order valence-corrected chi connectivity index (χ3v) is 5.85. The number of hydrogen-bond acceptors (Lipinski definition) is 3. The molecule has 26 heavy (non-hydrogen) atoms. The lowest BCUT2D eigenvalue weighted by Crippen LogP contribution is -2.49. The highest BCUT2D eigenvalue weighted by Crippen LogP contribution is 2.30. The van der Waals surface area contributed by atoms with Gasteiger partial charge in [0.15, 0.2) is 0 Å². The lowest BCUT2D eigenvalue weighted by molar-refractivity contribution is -0.139. The molecule has 0 unspecified atom stereocenters. The average Bonchev–Trinajstić information content (AvgIpc) is 2.67. The third-order valence-electron chi connectivity index (χ3n) is 5.85. The van der Waals surface area contributed by atoms with Crippen molar-refractivity contribution in [3.63, 3.8) is 0 Å². The van der Waals surface area contributed by atoms with Crippen molar-refractivity contribution in [1.29, 1.82) is 0 Å². The van der Waals surface area contributed by atoms with Gasteiger partial charge in [-0.25, -0.2) is 0 Å². The van der Waals surface area contributed by atoms with Gasteiger partial charge in [-0.05, 0) is 45.2 Å². The van der Waals surface area contributed by atoms with E-state index in [1.54, 1.807) is 0 Å². The van der Waals surface area contributed by atoms with Gasteiger partial charge in [-0.1, -0.05) is 29.8 Å². The molecule has 0 spiro atoms. The van der Waals surface area contributed by atoms with Crippen LogP contribution in [0.25, 0.3) is 0 Å². The Morgan fingerprint density at radius 1 is 0.962 bits per heavy atom. The topological polar surface area (TPSA) is 52.7 Å². The van der Waals surface area contributed by atoms with Gasteiger partial charge in [0.05, 0.1) is 0 Å². The molecule has 0 atom stereocenters. The van der Waals surface area contributed by atoms with E-state index in [4.69, 9.17) is 0 Å². The van der Waals surface area contributed by atoms with Crippen molar-refractivity contribution in [2.24, 2.45) is 11.8 Å². The molecule has 2 amide bonds. The summed E-state index contributed by atoms with van der Waals surface area (Å²) in [6.45, 7) is 6.24. The lowest BCUT2D eigenvalue weighted by Gasteiger charge is -2.36. The Hall–Kier alpha value is -1.88. The van der Waals surface area contributed by atoms with Crippen molar-refractivity contribution < 1.29 is 9.59 Å². The fourth-order valence-corrected chi connectivity index (χ4v) is 3.93. The summed E-state index contributed by atoms with van der Waals surface area (Å²) in [5.74, 6) is 0.601. The molecule has 1 aliphatic carbocycles. The summed E-state index contributed by atoms with van der Waals surface area (Å²) in [7, 11) is 2.10. The van der Waals surface area contributed by atoms with Gasteiger partial charge in [-0.15, -0.1) is 0 Å². The zero-order valence-corrected chi connectivity index (χ0v) is 16.0. The molecule has 1 aromatic rings. The smallest absolute Gasteiger partial charge is 0.225 e. The van der Waals surface area contributed by atoms with Crippen LogP contribution in [0.2, 0.25) is 0 Å². The Bertz CT molecular complexity index is 613. The summed E-state index contributed by atoms with van der Waals surface area (Å²) in [4.78, 5) is 29.4. The summed E-state index contributed by atoms with van der Waals surface area (Å²) in [5.41, 5.74) is 2.35. The van der Waals surface area contributed by atoms with Gasteiger partial charge < -0.3 is 15.1 Å². The predicted octanol–water partition coefficient (Wildman–Crippen LogP) is 2.19. The first-order valence-electron chi connectivity index (χ1n) is 9.83. The van der Waals surface area contributed by atoms with Crippen molar-refractivity contribution in [2.75, 3.05) is 33.2 Å². The molecule has 2 aliphatic rings. The third kappa shape index (κ3) is 4.85. The minimum Gasteiger partial charge on any atom is -0.352 e. The van der Waals surface area contributed by atoms with E-state index in [0.29, 0.717) is 12.5 Å². The van der Waals surface area contributed by atoms with Crippen molar-refractivity contribution in [3.8, 4) is 0 Å². The van der Waals surface area contributed by atoms with Crippen LogP contribution >= 0.6 is 0 Å². The van der Waals surface area contributed by atoms with E-state index in [9.17, 15) is 9.59 Å². The molecule has 3 rings (SSSR count). The average molecular weight is 357 g/mol. The van der Waals surface area contributed by atoms with Crippen LogP contribution in [0.15, 0.2) is 24.3 Å². The van der Waals surface area contributed by atoms with Crippen LogP contribution in [0.1, 0.15) is 36.8 Å². The van der Waals surface area contributed by atoms with E-state index in [-0.39, 0.29) is 17.7 Å². The van der Waals surface area contributed by atoms with Gasteiger partial charge in [0.25, 0.3) is 0 Å². The molecule has 1 aliphatic heterocycles. The van der Waals surface area contributed by atoms with Crippen LogP contribution in [0.5, 0.6) is 0 Å². The number of hydrogen-bond donors (Lipinski definition) is 1. The number of likely N-dealkylation sites (N-methyl/N-ethyl adjacent to an activating group) is 1. The molecule has 1 N–H and O–H groups in total. The molecule has 1 heterocycles. The first-order chi connectivity index (χ1) is 12.5. The first-order valence-corrected chi connectivity index (χ1v) is 9.83. The van der Waals surface area contributed by atoms with Gasteiger partial charge in [0, 0.05) is 44.6 Å². The lowest BCUT2D eigenvalue weighted by atomic mass is 9.80. The van der Waals surface area contributed by atoms with Crippen molar-refractivity contribution in [1.82, 2.24) is 15.1 Å². The van der Waals surface area contributed by atoms with E-state index in [2.05, 4.69) is 48.5 Å². The SMILES string of the molecule is Cc1ccc(CNC(=O)C2CCC(C(=O)N3CCN(C)CC3)CC2)cc1. The molecular formula is C21H31N3O2. The summed E-state index contributed by atoms with van der Waals surface area (Å²) < 4.78 is 0. The molecule has 1 saturated carbocycles. The first kappa shape index (κ1) is 18.9. The summed E-state index contributed by atoms with van der Waals surface area (Å²) in [5, 5.41) is 3.06. The molecule has 2 fully saturated rings. The van der Waals surface area contributed by atoms with Gasteiger partial charge in [-0.2, -0.15) is 0 Å². The number of piperazine rings is 1. The molecule has 0 bridgehead atoms. The number of carbonyl (C=O) groups is 2. The van der Waals surface area contributed by atoms with Gasteiger partial charge >= 0.3 is 0 Å². The Labute approximate surface area is 156 Å². The maximum absolute atomic E-state index is 12.7. The second-order valence-corrected chi connectivity index (χ2v) is 7.88. The standard InChI is InChI=1S/C21H31N3O2/c1-16-3-5-17(6-4-16)15-22-20(25)18-7-9-19(10-8-18)21(26)24-13-11-23(2)12-14-24/h3-6,18-19H,7-15H2,1-2H3,(H,22,25). The van der Waals surface area contributed by atoms with E-state index in [0.717, 1.165) is 57.4 Å². The number of aryl methyl sites for hydroxylation is 1. The molecule has 1 saturated heterocycles. The molecule has 0 aromatic heterocycles. The van der Waals surface area contributed by atoms with Crippen LogP contribution < -0.4 is 5.32 Å². The molecule has 1 aromatic carbocycles. The van der Waals surface area contributed by atoms with Crippen molar-refractivity contribution >= 4 is 11.8 Å². The van der Waals surface area contributed by atoms with Crippen LogP contribution in [0, 0.1) is 18.8 Å². The highest BCUT2D eigenvalue weighted by Gasteiger charge is 2.32. The minimum atomic E-state index is 0.0528. The van der Waals surface area contributed by atoms with Crippen LogP contribution in [-0.4, -0.2) is 54.8 Å². The largest absolute Gasteiger partial charge is 0.352 e. The highest BCUT2D eigenvalue weighted by atomic mass is 16.2. The number of nitrogens with zero attached hydrogens (tertiary/aromatic N) is 2. The maximum Gasteiger partial charge on any atom is 0.225 e. The second-order valence-electron chi connectivity index (χ2n) is 7.88. The number of rotatable bonds is 4. The zero-order valence-electron chi connectivity index (χ0n) is 16.0. The molecular weight excluding hydrogens is 326 g/mol. The minimum absolute atomic E-state index is 0.0528. The van der Waals surface area contributed by atoms with E-state index in [1.807, 2.05) is 4.90 Å². The van der Waals surface area contributed by atoms with Crippen molar-refractivity contribution in [3.05, 3.63) is 35.4 Å². The van der Waals surface area contributed by atoms with Gasteiger partial charge in [0.2, 0.25) is 11.8 Å². The Morgan fingerprint density at radius 3 is 2.15 bits per heavy atom. The van der Waals surface area contributed by atoms with Gasteiger partial charge in [0.1, 0.15) is 0 Å².